The summed E-state index contributed by atoms with van der Waals surface area (Å²) in [5.74, 6) is -1.46. The smallest absolute Gasteiger partial charge is 0.341 e. The van der Waals surface area contributed by atoms with Gasteiger partial charge in [-0.3, -0.25) is 4.79 Å². The van der Waals surface area contributed by atoms with E-state index < -0.39 is 25.2 Å². The predicted molar refractivity (Wildman–Crippen MR) is 99.1 cm³/mol. The van der Waals surface area contributed by atoms with Crippen molar-refractivity contribution in [1.29, 1.82) is 0 Å². The standard InChI is InChI=1S/C20H18O8/c1-26-18-10-13(3-9-17(18)28-12-20(24)25)2-8-16(21)14-4-6-15(7-5-14)27-11-19(22)23/h2-10H,11-12H2,1H3,(H,22,23)(H,24,25). The minimum atomic E-state index is -1.10. The zero-order chi connectivity index (χ0) is 20.5. The van der Waals surface area contributed by atoms with Crippen LogP contribution in [-0.2, 0) is 9.59 Å². The number of benzene rings is 2. The van der Waals surface area contributed by atoms with Gasteiger partial charge in [-0.15, -0.1) is 0 Å². The van der Waals surface area contributed by atoms with Gasteiger partial charge in [0.2, 0.25) is 0 Å². The average Bonchev–Trinajstić information content (AvgIpc) is 2.69. The zero-order valence-electron chi connectivity index (χ0n) is 15.0. The molecule has 2 rings (SSSR count). The van der Waals surface area contributed by atoms with E-state index in [4.69, 9.17) is 24.4 Å². The Hall–Kier alpha value is -3.81. The third-order valence-corrected chi connectivity index (χ3v) is 3.47. The lowest BCUT2D eigenvalue weighted by Crippen LogP contribution is -2.10. The molecule has 8 heteroatoms. The van der Waals surface area contributed by atoms with Crippen LogP contribution in [0.2, 0.25) is 0 Å². The van der Waals surface area contributed by atoms with E-state index in [1.54, 1.807) is 24.3 Å². The van der Waals surface area contributed by atoms with Crippen LogP contribution in [0.25, 0.3) is 6.08 Å². The average molecular weight is 386 g/mol. The predicted octanol–water partition coefficient (Wildman–Crippen LogP) is 2.52. The Balaban J connectivity index is 2.04. The van der Waals surface area contributed by atoms with Gasteiger partial charge in [-0.25, -0.2) is 9.59 Å². The SMILES string of the molecule is COc1cc(C=CC(=O)c2ccc(OCC(=O)O)cc2)ccc1OCC(=O)O. The summed E-state index contributed by atoms with van der Waals surface area (Å²) < 4.78 is 15.3. The van der Waals surface area contributed by atoms with Gasteiger partial charge in [0.25, 0.3) is 0 Å². The number of allylic oxidation sites excluding steroid dienone is 1. The zero-order valence-corrected chi connectivity index (χ0v) is 15.0. The largest absolute Gasteiger partial charge is 0.493 e. The lowest BCUT2D eigenvalue weighted by Gasteiger charge is -2.09. The van der Waals surface area contributed by atoms with Gasteiger partial charge in [0, 0.05) is 5.56 Å². The minimum absolute atomic E-state index is 0.255. The number of carbonyl (C=O) groups is 3. The lowest BCUT2D eigenvalue weighted by atomic mass is 10.1. The quantitative estimate of drug-likeness (QED) is 0.472. The first kappa shape index (κ1) is 20.5. The number of carboxylic acids is 2. The topological polar surface area (TPSA) is 119 Å². The van der Waals surface area contributed by atoms with Crippen molar-refractivity contribution in [2.45, 2.75) is 0 Å². The molecule has 28 heavy (non-hydrogen) atoms. The molecule has 0 atom stereocenters. The van der Waals surface area contributed by atoms with Gasteiger partial charge in [-0.05, 0) is 48.0 Å². The number of carbonyl (C=O) groups excluding carboxylic acids is 1. The van der Waals surface area contributed by atoms with E-state index in [0.29, 0.717) is 22.6 Å². The van der Waals surface area contributed by atoms with Gasteiger partial charge in [0.1, 0.15) is 5.75 Å². The van der Waals surface area contributed by atoms with E-state index in [1.807, 2.05) is 0 Å². The normalized spacial score (nSPS) is 10.5. The highest BCUT2D eigenvalue weighted by molar-refractivity contribution is 6.06. The van der Waals surface area contributed by atoms with Crippen molar-refractivity contribution in [3.63, 3.8) is 0 Å². The molecule has 0 bridgehead atoms. The van der Waals surface area contributed by atoms with Crippen LogP contribution in [0.15, 0.2) is 48.5 Å². The molecule has 0 aromatic heterocycles. The van der Waals surface area contributed by atoms with E-state index >= 15 is 0 Å². The summed E-state index contributed by atoms with van der Waals surface area (Å²) >= 11 is 0. The maximum atomic E-state index is 12.3. The van der Waals surface area contributed by atoms with Crippen LogP contribution in [0.4, 0.5) is 0 Å². The monoisotopic (exact) mass is 386 g/mol. The second-order valence-corrected chi connectivity index (χ2v) is 5.50. The van der Waals surface area contributed by atoms with Crippen molar-refractivity contribution >= 4 is 23.8 Å². The van der Waals surface area contributed by atoms with E-state index in [2.05, 4.69) is 0 Å². The molecule has 146 valence electrons. The van der Waals surface area contributed by atoms with Crippen LogP contribution in [-0.4, -0.2) is 48.3 Å². The molecule has 0 saturated carbocycles. The summed E-state index contributed by atoms with van der Waals surface area (Å²) in [6.07, 6.45) is 2.96. The van der Waals surface area contributed by atoms with E-state index in [0.717, 1.165) is 0 Å². The van der Waals surface area contributed by atoms with Crippen LogP contribution in [0.1, 0.15) is 15.9 Å². The van der Waals surface area contributed by atoms with Crippen LogP contribution >= 0.6 is 0 Å². The van der Waals surface area contributed by atoms with Crippen LogP contribution < -0.4 is 14.2 Å². The van der Waals surface area contributed by atoms with Crippen molar-refractivity contribution in [1.82, 2.24) is 0 Å². The fraction of sp³-hybridized carbons (Fsp3) is 0.150. The number of methoxy groups -OCH3 is 1. The van der Waals surface area contributed by atoms with Crippen molar-refractivity contribution in [3.05, 3.63) is 59.7 Å². The van der Waals surface area contributed by atoms with Gasteiger partial charge >= 0.3 is 11.9 Å². The molecule has 0 aliphatic rings. The van der Waals surface area contributed by atoms with Crippen molar-refractivity contribution < 1.29 is 38.8 Å². The molecule has 0 aliphatic heterocycles. The summed E-state index contributed by atoms with van der Waals surface area (Å²) in [7, 11) is 1.43. The second kappa shape index (κ2) is 9.77. The van der Waals surface area contributed by atoms with Crippen molar-refractivity contribution in [3.8, 4) is 17.2 Å². The summed E-state index contributed by atoms with van der Waals surface area (Å²) in [4.78, 5) is 33.3. The summed E-state index contributed by atoms with van der Waals surface area (Å²) in [6, 6.07) is 10.9. The second-order valence-electron chi connectivity index (χ2n) is 5.50. The first-order valence-electron chi connectivity index (χ1n) is 8.08. The summed E-state index contributed by atoms with van der Waals surface area (Å²) in [5, 5.41) is 17.2. The number of carboxylic acid groups (broad SMARTS) is 2. The first-order valence-corrected chi connectivity index (χ1v) is 8.08. The summed E-state index contributed by atoms with van der Waals surface area (Å²) in [6.45, 7) is -0.947. The maximum Gasteiger partial charge on any atom is 0.341 e. The number of rotatable bonds is 10. The third kappa shape index (κ3) is 6.17. The van der Waals surface area contributed by atoms with Gasteiger partial charge in [0.15, 0.2) is 30.5 Å². The van der Waals surface area contributed by atoms with E-state index in [-0.39, 0.29) is 11.5 Å². The van der Waals surface area contributed by atoms with E-state index in [9.17, 15) is 14.4 Å². The molecular weight excluding hydrogens is 368 g/mol. The number of ether oxygens (including phenoxy) is 3. The Kier molecular flexibility index (Phi) is 7.15. The fourth-order valence-electron chi connectivity index (χ4n) is 2.18. The number of hydrogen-bond donors (Lipinski definition) is 2. The number of ketones is 1. The molecule has 0 unspecified atom stereocenters. The van der Waals surface area contributed by atoms with Gasteiger partial charge in [0.05, 0.1) is 7.11 Å². The molecule has 0 spiro atoms. The minimum Gasteiger partial charge on any atom is -0.493 e. The highest BCUT2D eigenvalue weighted by Gasteiger charge is 2.08. The van der Waals surface area contributed by atoms with Crippen LogP contribution in [0.5, 0.6) is 17.2 Å². The highest BCUT2D eigenvalue weighted by atomic mass is 16.5. The molecule has 0 heterocycles. The molecule has 0 radical (unpaired) electrons. The molecule has 0 saturated heterocycles. The van der Waals surface area contributed by atoms with Crippen molar-refractivity contribution in [2.24, 2.45) is 0 Å². The first-order chi connectivity index (χ1) is 13.4. The van der Waals surface area contributed by atoms with Crippen LogP contribution in [0.3, 0.4) is 0 Å². The Labute approximate surface area is 160 Å². The molecule has 0 amide bonds. The van der Waals surface area contributed by atoms with Crippen LogP contribution in [0, 0.1) is 0 Å². The molecule has 0 fully saturated rings. The molecule has 2 aromatic rings. The Morgan fingerprint density at radius 2 is 1.54 bits per heavy atom. The Bertz CT molecular complexity index is 884. The molecule has 2 aromatic carbocycles. The van der Waals surface area contributed by atoms with Gasteiger partial charge < -0.3 is 24.4 Å². The summed E-state index contributed by atoms with van der Waals surface area (Å²) in [5.41, 5.74) is 1.07. The fourth-order valence-corrected chi connectivity index (χ4v) is 2.18. The number of hydrogen-bond acceptors (Lipinski definition) is 6. The molecule has 2 N–H and O–H groups in total. The molecule has 0 aliphatic carbocycles. The van der Waals surface area contributed by atoms with E-state index in [1.165, 1.54) is 37.5 Å². The van der Waals surface area contributed by atoms with Gasteiger partial charge in [-0.1, -0.05) is 12.1 Å². The molecule has 8 nitrogen and oxygen atoms in total. The maximum absolute atomic E-state index is 12.3. The molecular formula is C20H18O8. The Morgan fingerprint density at radius 1 is 0.893 bits per heavy atom. The van der Waals surface area contributed by atoms with Crippen molar-refractivity contribution in [2.75, 3.05) is 20.3 Å². The third-order valence-electron chi connectivity index (χ3n) is 3.47. The number of aliphatic carboxylic acids is 2. The highest BCUT2D eigenvalue weighted by Crippen LogP contribution is 2.28. The van der Waals surface area contributed by atoms with Gasteiger partial charge in [-0.2, -0.15) is 0 Å². The lowest BCUT2D eigenvalue weighted by molar-refractivity contribution is -0.140. The Morgan fingerprint density at radius 3 is 2.14 bits per heavy atom.